The molecular formula is C29H35BrN4O3. The molecule has 37 heavy (non-hydrogen) atoms. The zero-order valence-electron chi connectivity index (χ0n) is 21.9. The van der Waals surface area contributed by atoms with Crippen LogP contribution in [-0.2, 0) is 9.47 Å². The zero-order chi connectivity index (χ0) is 26.8. The van der Waals surface area contributed by atoms with Gasteiger partial charge in [0.2, 0.25) is 0 Å². The molecule has 0 aliphatic carbocycles. The second kappa shape index (κ2) is 14.0. The Morgan fingerprint density at radius 1 is 1.19 bits per heavy atom. The molecule has 1 fully saturated rings. The molecule has 196 valence electrons. The lowest BCUT2D eigenvalue weighted by Gasteiger charge is -2.29. The number of ether oxygens (including phenoxy) is 2. The molecule has 8 heteroatoms. The van der Waals surface area contributed by atoms with E-state index in [-0.39, 0.29) is 5.92 Å². The average Bonchev–Trinajstić information content (AvgIpc) is 2.93. The first kappa shape index (κ1) is 28.5. The number of nitrogens with zero attached hydrogens (tertiary/aromatic N) is 2. The summed E-state index contributed by atoms with van der Waals surface area (Å²) in [5, 5.41) is 12.2. The fraction of sp³-hybridized carbons (Fsp3) is 0.345. The third-order valence-electron chi connectivity index (χ3n) is 5.94. The van der Waals surface area contributed by atoms with Crippen LogP contribution in [0.25, 0.3) is 11.1 Å². The lowest BCUT2D eigenvalue weighted by atomic mass is 9.91. The summed E-state index contributed by atoms with van der Waals surface area (Å²) < 4.78 is 10.9. The van der Waals surface area contributed by atoms with E-state index in [0.29, 0.717) is 22.8 Å². The fourth-order valence-corrected chi connectivity index (χ4v) is 4.28. The molecule has 0 bridgehead atoms. The molecule has 0 saturated carbocycles. The number of aldehydes is 1. The van der Waals surface area contributed by atoms with Crippen molar-refractivity contribution in [3.63, 3.8) is 0 Å². The van der Waals surface area contributed by atoms with Crippen LogP contribution in [0.5, 0.6) is 0 Å². The quantitative estimate of drug-likeness (QED) is 0.236. The second-order valence-electron chi connectivity index (χ2n) is 8.86. The molecule has 0 spiro atoms. The first-order valence-corrected chi connectivity index (χ1v) is 13.2. The Morgan fingerprint density at radius 2 is 1.86 bits per heavy atom. The fourth-order valence-electron chi connectivity index (χ4n) is 3.88. The Labute approximate surface area is 227 Å². The molecule has 0 radical (unpaired) electrons. The van der Waals surface area contributed by atoms with Crippen LogP contribution >= 0.6 is 15.9 Å². The summed E-state index contributed by atoms with van der Waals surface area (Å²) in [6.07, 6.45) is 0.750. The standard InChI is InChI=1S/C26H27BrN4O2.C3H8O/c1-17(2)25(28)24-23(18-6-8-22(9-7-18)31-10-12-33-13-11-31)15-21(16-32)30-26(24)29-20-5-3-4-19(27)14-20;1-3-4-2/h3-9,14-17,28H,10-13H2,1-2H3,(H,29,30);3H2,1-2H3. The van der Waals surface area contributed by atoms with Gasteiger partial charge in [0.1, 0.15) is 11.5 Å². The molecule has 1 aromatic heterocycles. The van der Waals surface area contributed by atoms with Crippen molar-refractivity contribution in [3.05, 3.63) is 70.3 Å². The minimum atomic E-state index is -0.0108. The topological polar surface area (TPSA) is 87.5 Å². The molecule has 3 aromatic rings. The van der Waals surface area contributed by atoms with E-state index in [4.69, 9.17) is 10.1 Å². The van der Waals surface area contributed by atoms with Gasteiger partial charge in [0.15, 0.2) is 6.29 Å². The molecule has 0 atom stereocenters. The third kappa shape index (κ3) is 7.71. The highest BCUT2D eigenvalue weighted by molar-refractivity contribution is 9.10. The molecule has 1 aliphatic heterocycles. The SMILES string of the molecule is CC(C)C(=N)c1c(-c2ccc(N3CCOCC3)cc2)cc(C=O)nc1Nc1cccc(Br)c1.CCOC. The number of carbonyl (C=O) groups excluding carboxylic acids is 1. The van der Waals surface area contributed by atoms with Gasteiger partial charge in [-0.1, -0.05) is 48.0 Å². The smallest absolute Gasteiger partial charge is 0.168 e. The minimum Gasteiger partial charge on any atom is -0.385 e. The number of carbonyl (C=O) groups is 1. The Morgan fingerprint density at radius 3 is 2.43 bits per heavy atom. The molecular weight excluding hydrogens is 532 g/mol. The Balaban J connectivity index is 0.000000886. The van der Waals surface area contributed by atoms with Crippen LogP contribution in [0.1, 0.15) is 36.8 Å². The number of nitrogens with one attached hydrogen (secondary N) is 2. The van der Waals surface area contributed by atoms with E-state index in [2.05, 4.69) is 60.1 Å². The normalized spacial score (nSPS) is 13.1. The second-order valence-corrected chi connectivity index (χ2v) is 9.78. The van der Waals surface area contributed by atoms with Crippen LogP contribution in [0.15, 0.2) is 59.1 Å². The monoisotopic (exact) mass is 566 g/mol. The molecule has 2 heterocycles. The number of pyridine rings is 1. The summed E-state index contributed by atoms with van der Waals surface area (Å²) in [6, 6.07) is 17.8. The van der Waals surface area contributed by atoms with Gasteiger partial charge in [-0.05, 0) is 60.4 Å². The van der Waals surface area contributed by atoms with Crippen LogP contribution in [0.2, 0.25) is 0 Å². The predicted octanol–water partition coefficient (Wildman–Crippen LogP) is 6.58. The lowest BCUT2D eigenvalue weighted by Crippen LogP contribution is -2.36. The summed E-state index contributed by atoms with van der Waals surface area (Å²) in [5.74, 6) is 0.493. The van der Waals surface area contributed by atoms with Crippen LogP contribution < -0.4 is 10.2 Å². The number of benzene rings is 2. The van der Waals surface area contributed by atoms with Crippen LogP contribution in [0.3, 0.4) is 0 Å². The number of halogens is 1. The number of hydrogen-bond donors (Lipinski definition) is 2. The van der Waals surface area contributed by atoms with E-state index in [1.807, 2.05) is 45.0 Å². The van der Waals surface area contributed by atoms with Crippen molar-refractivity contribution in [2.45, 2.75) is 20.8 Å². The number of methoxy groups -OCH3 is 1. The summed E-state index contributed by atoms with van der Waals surface area (Å²) in [7, 11) is 1.68. The van der Waals surface area contributed by atoms with Gasteiger partial charge in [0, 0.05) is 53.9 Å². The number of aromatic nitrogens is 1. The Bertz CT molecular complexity index is 1190. The van der Waals surface area contributed by atoms with E-state index in [9.17, 15) is 4.79 Å². The van der Waals surface area contributed by atoms with Gasteiger partial charge >= 0.3 is 0 Å². The van der Waals surface area contributed by atoms with Crippen molar-refractivity contribution in [2.75, 3.05) is 50.2 Å². The van der Waals surface area contributed by atoms with E-state index in [0.717, 1.165) is 66.2 Å². The molecule has 7 nitrogen and oxygen atoms in total. The van der Waals surface area contributed by atoms with E-state index < -0.39 is 0 Å². The third-order valence-corrected chi connectivity index (χ3v) is 6.43. The summed E-state index contributed by atoms with van der Waals surface area (Å²) in [6.45, 7) is 9.96. The van der Waals surface area contributed by atoms with Gasteiger partial charge in [-0.2, -0.15) is 0 Å². The largest absolute Gasteiger partial charge is 0.385 e. The number of rotatable bonds is 8. The summed E-state index contributed by atoms with van der Waals surface area (Å²) >= 11 is 3.49. The highest BCUT2D eigenvalue weighted by Crippen LogP contribution is 2.34. The van der Waals surface area contributed by atoms with Gasteiger partial charge in [-0.25, -0.2) is 4.98 Å². The van der Waals surface area contributed by atoms with Gasteiger partial charge < -0.3 is 25.1 Å². The number of hydrogen-bond acceptors (Lipinski definition) is 7. The molecule has 2 aromatic carbocycles. The maximum absolute atomic E-state index is 11.8. The number of anilines is 3. The maximum atomic E-state index is 11.8. The Hall–Kier alpha value is -3.07. The summed E-state index contributed by atoms with van der Waals surface area (Å²) in [5.41, 5.74) is 5.21. The first-order valence-electron chi connectivity index (χ1n) is 12.4. The van der Waals surface area contributed by atoms with Crippen molar-refractivity contribution in [1.29, 1.82) is 5.41 Å². The molecule has 1 aliphatic rings. The van der Waals surface area contributed by atoms with Gasteiger partial charge in [-0.3, -0.25) is 4.79 Å². The number of morpholine rings is 1. The average molecular weight is 568 g/mol. The zero-order valence-corrected chi connectivity index (χ0v) is 23.5. The van der Waals surface area contributed by atoms with Gasteiger partial charge in [0.25, 0.3) is 0 Å². The van der Waals surface area contributed by atoms with Crippen molar-refractivity contribution >= 4 is 45.1 Å². The van der Waals surface area contributed by atoms with E-state index >= 15 is 0 Å². The molecule has 1 saturated heterocycles. The highest BCUT2D eigenvalue weighted by atomic mass is 79.9. The molecule has 0 unspecified atom stereocenters. The van der Waals surface area contributed by atoms with Crippen LogP contribution in [0.4, 0.5) is 17.2 Å². The predicted molar refractivity (Wildman–Crippen MR) is 155 cm³/mol. The Kier molecular flexibility index (Phi) is 10.8. The van der Waals surface area contributed by atoms with Gasteiger partial charge in [-0.15, -0.1) is 0 Å². The molecule has 4 rings (SSSR count). The lowest BCUT2D eigenvalue weighted by molar-refractivity contribution is 0.111. The van der Waals surface area contributed by atoms with E-state index in [1.54, 1.807) is 13.2 Å². The van der Waals surface area contributed by atoms with Crippen molar-refractivity contribution < 1.29 is 14.3 Å². The molecule has 2 N–H and O–H groups in total. The van der Waals surface area contributed by atoms with Crippen molar-refractivity contribution in [1.82, 2.24) is 4.98 Å². The first-order chi connectivity index (χ1) is 17.9. The highest BCUT2D eigenvalue weighted by Gasteiger charge is 2.21. The van der Waals surface area contributed by atoms with Crippen molar-refractivity contribution in [2.24, 2.45) is 5.92 Å². The van der Waals surface area contributed by atoms with Crippen molar-refractivity contribution in [3.8, 4) is 11.1 Å². The summed E-state index contributed by atoms with van der Waals surface area (Å²) in [4.78, 5) is 18.6. The van der Waals surface area contributed by atoms with Gasteiger partial charge in [0.05, 0.1) is 13.2 Å². The minimum absolute atomic E-state index is 0.0108. The van der Waals surface area contributed by atoms with Crippen LogP contribution in [-0.4, -0.2) is 57.0 Å². The maximum Gasteiger partial charge on any atom is 0.168 e. The molecule has 0 amide bonds. The van der Waals surface area contributed by atoms with Crippen LogP contribution in [0, 0.1) is 11.3 Å². The van der Waals surface area contributed by atoms with E-state index in [1.165, 1.54) is 0 Å².